The van der Waals surface area contributed by atoms with Crippen LogP contribution in [0.1, 0.15) is 5.56 Å². The van der Waals surface area contributed by atoms with Crippen molar-refractivity contribution in [2.24, 2.45) is 5.84 Å². The van der Waals surface area contributed by atoms with Crippen LogP contribution in [0.4, 0.5) is 13.2 Å². The van der Waals surface area contributed by atoms with Crippen molar-refractivity contribution in [3.63, 3.8) is 0 Å². The van der Waals surface area contributed by atoms with Crippen LogP contribution in [0.3, 0.4) is 0 Å². The second-order valence-corrected chi connectivity index (χ2v) is 4.62. The first kappa shape index (κ1) is 13.8. The molecular formula is C9H9BrClF3N2. The van der Waals surface area contributed by atoms with Gasteiger partial charge in [0.15, 0.2) is 0 Å². The number of nitrogens with two attached hydrogens (primary N) is 1. The number of halogens is 5. The third-order valence-corrected chi connectivity index (χ3v) is 2.79. The van der Waals surface area contributed by atoms with Gasteiger partial charge in [-0.2, -0.15) is 8.78 Å². The topological polar surface area (TPSA) is 38.0 Å². The Morgan fingerprint density at radius 2 is 2.12 bits per heavy atom. The van der Waals surface area contributed by atoms with Crippen molar-refractivity contribution in [3.05, 3.63) is 34.1 Å². The predicted octanol–water partition coefficient (Wildman–Crippen LogP) is 2.79. The monoisotopic (exact) mass is 316 g/mol. The van der Waals surface area contributed by atoms with Crippen LogP contribution in [0.5, 0.6) is 0 Å². The van der Waals surface area contributed by atoms with E-state index in [9.17, 15) is 13.2 Å². The third-order valence-electron chi connectivity index (χ3n) is 2.04. The van der Waals surface area contributed by atoms with Gasteiger partial charge in [0.25, 0.3) is 0 Å². The largest absolute Gasteiger partial charge is 0.338 e. The summed E-state index contributed by atoms with van der Waals surface area (Å²) < 4.78 is 39.4. The van der Waals surface area contributed by atoms with Crippen molar-refractivity contribution in [1.29, 1.82) is 0 Å². The summed E-state index contributed by atoms with van der Waals surface area (Å²) in [6.45, 7) is 0. The molecule has 0 saturated heterocycles. The normalized spacial score (nSPS) is 13.9. The van der Waals surface area contributed by atoms with Crippen LogP contribution in [-0.2, 0) is 6.42 Å². The fourth-order valence-electron chi connectivity index (χ4n) is 1.18. The lowest BCUT2D eigenvalue weighted by atomic mass is 10.1. The van der Waals surface area contributed by atoms with E-state index in [-0.39, 0.29) is 12.0 Å². The molecule has 0 bridgehead atoms. The van der Waals surface area contributed by atoms with Crippen molar-refractivity contribution >= 4 is 27.5 Å². The molecule has 1 unspecified atom stereocenters. The van der Waals surface area contributed by atoms with E-state index in [1.807, 2.05) is 5.43 Å². The zero-order valence-corrected chi connectivity index (χ0v) is 10.3. The second kappa shape index (κ2) is 5.35. The smallest absolute Gasteiger partial charge is 0.271 e. The van der Waals surface area contributed by atoms with E-state index in [1.54, 1.807) is 6.07 Å². The average molecular weight is 318 g/mol. The molecule has 3 N–H and O–H groups in total. The Morgan fingerprint density at radius 3 is 2.56 bits per heavy atom. The van der Waals surface area contributed by atoms with Gasteiger partial charge in [0.05, 0.1) is 0 Å². The van der Waals surface area contributed by atoms with Gasteiger partial charge in [0, 0.05) is 4.47 Å². The number of hydrogen-bond donors (Lipinski definition) is 2. The average Bonchev–Trinajstić information content (AvgIpc) is 2.14. The van der Waals surface area contributed by atoms with Crippen molar-refractivity contribution in [1.82, 2.24) is 5.43 Å². The molecule has 0 aliphatic rings. The molecule has 1 aromatic rings. The Kier molecular flexibility index (Phi) is 4.61. The van der Waals surface area contributed by atoms with Crippen LogP contribution in [0.15, 0.2) is 22.7 Å². The highest BCUT2D eigenvalue weighted by molar-refractivity contribution is 9.10. The molecule has 0 saturated carbocycles. The Labute approximate surface area is 104 Å². The molecule has 1 atom stereocenters. The SMILES string of the molecule is NNC(Cc1ccc(Br)cc1F)C(F)(F)Cl. The fourth-order valence-corrected chi connectivity index (χ4v) is 1.65. The number of alkyl halides is 3. The van der Waals surface area contributed by atoms with Crippen molar-refractivity contribution < 1.29 is 13.2 Å². The summed E-state index contributed by atoms with van der Waals surface area (Å²) in [6.07, 6.45) is -0.299. The van der Waals surface area contributed by atoms with E-state index in [0.29, 0.717) is 4.47 Å². The van der Waals surface area contributed by atoms with Gasteiger partial charge >= 0.3 is 5.38 Å². The maximum Gasteiger partial charge on any atom is 0.338 e. The lowest BCUT2D eigenvalue weighted by Crippen LogP contribution is -2.47. The van der Waals surface area contributed by atoms with E-state index in [1.165, 1.54) is 12.1 Å². The van der Waals surface area contributed by atoms with Crippen molar-refractivity contribution in [2.45, 2.75) is 17.8 Å². The summed E-state index contributed by atoms with van der Waals surface area (Å²) in [7, 11) is 0. The van der Waals surface area contributed by atoms with Gasteiger partial charge in [-0.15, -0.1) is 0 Å². The summed E-state index contributed by atoms with van der Waals surface area (Å²) in [6, 6.07) is 2.62. The molecule has 90 valence electrons. The molecule has 7 heteroatoms. The van der Waals surface area contributed by atoms with E-state index in [4.69, 9.17) is 17.4 Å². The molecule has 0 aliphatic heterocycles. The molecule has 0 heterocycles. The van der Waals surface area contributed by atoms with Gasteiger partial charge in [0.1, 0.15) is 11.9 Å². The standard InChI is InChI=1S/C9H9BrClF3N2/c10-6-2-1-5(7(12)4-6)3-8(16-15)9(11,13)14/h1-2,4,8,16H,3,15H2. The maximum absolute atomic E-state index is 13.3. The van der Waals surface area contributed by atoms with Crippen LogP contribution >= 0.6 is 27.5 Å². The number of benzene rings is 1. The molecule has 0 fully saturated rings. The molecule has 1 rings (SSSR count). The lowest BCUT2D eigenvalue weighted by Gasteiger charge is -2.20. The van der Waals surface area contributed by atoms with Gasteiger partial charge in [-0.05, 0) is 35.7 Å². The Morgan fingerprint density at radius 1 is 1.50 bits per heavy atom. The fraction of sp³-hybridized carbons (Fsp3) is 0.333. The lowest BCUT2D eigenvalue weighted by molar-refractivity contribution is 0.0500. The summed E-state index contributed by atoms with van der Waals surface area (Å²) in [5, 5.41) is -3.53. The third kappa shape index (κ3) is 3.62. The Balaban J connectivity index is 2.86. The van der Waals surface area contributed by atoms with Gasteiger partial charge in [-0.3, -0.25) is 5.84 Å². The molecule has 16 heavy (non-hydrogen) atoms. The first-order valence-electron chi connectivity index (χ1n) is 4.31. The highest BCUT2D eigenvalue weighted by Crippen LogP contribution is 2.27. The predicted molar refractivity (Wildman–Crippen MR) is 59.7 cm³/mol. The summed E-state index contributed by atoms with van der Waals surface area (Å²) >= 11 is 7.89. The molecular weight excluding hydrogens is 308 g/mol. The van der Waals surface area contributed by atoms with Gasteiger partial charge in [-0.1, -0.05) is 22.0 Å². The van der Waals surface area contributed by atoms with Gasteiger partial charge in [0.2, 0.25) is 0 Å². The minimum Gasteiger partial charge on any atom is -0.271 e. The summed E-state index contributed by atoms with van der Waals surface area (Å²) in [5.74, 6) is 4.35. The number of rotatable bonds is 4. The highest BCUT2D eigenvalue weighted by atomic mass is 79.9. The minimum absolute atomic E-state index is 0.117. The zero-order chi connectivity index (χ0) is 12.3. The molecule has 1 aromatic carbocycles. The van der Waals surface area contributed by atoms with Crippen LogP contribution in [0.2, 0.25) is 0 Å². The van der Waals surface area contributed by atoms with Crippen LogP contribution in [0.25, 0.3) is 0 Å². The molecule has 0 aliphatic carbocycles. The Bertz CT molecular complexity index is 370. The zero-order valence-electron chi connectivity index (χ0n) is 7.98. The highest BCUT2D eigenvalue weighted by Gasteiger charge is 2.36. The summed E-state index contributed by atoms with van der Waals surface area (Å²) in [4.78, 5) is 0. The molecule has 2 nitrogen and oxygen atoms in total. The van der Waals surface area contributed by atoms with Gasteiger partial charge in [-0.25, -0.2) is 9.82 Å². The first-order chi connectivity index (χ1) is 7.34. The first-order valence-corrected chi connectivity index (χ1v) is 5.48. The Hall–Kier alpha value is -0.300. The summed E-state index contributed by atoms with van der Waals surface area (Å²) in [5.41, 5.74) is 1.99. The van der Waals surface area contributed by atoms with Gasteiger partial charge < -0.3 is 0 Å². The second-order valence-electron chi connectivity index (χ2n) is 3.20. The van der Waals surface area contributed by atoms with Crippen molar-refractivity contribution in [2.75, 3.05) is 0 Å². The van der Waals surface area contributed by atoms with E-state index in [2.05, 4.69) is 15.9 Å². The van der Waals surface area contributed by atoms with E-state index >= 15 is 0 Å². The number of hydrazine groups is 1. The quantitative estimate of drug-likeness (QED) is 0.509. The maximum atomic E-state index is 13.3. The van der Waals surface area contributed by atoms with E-state index in [0.717, 1.165) is 0 Å². The molecule has 0 spiro atoms. The van der Waals surface area contributed by atoms with E-state index < -0.39 is 17.2 Å². The molecule has 0 radical (unpaired) electrons. The van der Waals surface area contributed by atoms with Crippen LogP contribution < -0.4 is 11.3 Å². The minimum atomic E-state index is -3.53. The molecule has 0 amide bonds. The van der Waals surface area contributed by atoms with Crippen LogP contribution in [0, 0.1) is 5.82 Å². The number of hydrogen-bond acceptors (Lipinski definition) is 2. The van der Waals surface area contributed by atoms with Crippen LogP contribution in [-0.4, -0.2) is 11.4 Å². The molecule has 0 aromatic heterocycles. The number of nitrogens with one attached hydrogen (secondary N) is 1. The van der Waals surface area contributed by atoms with Crippen molar-refractivity contribution in [3.8, 4) is 0 Å².